The molecule has 0 saturated carbocycles. The van der Waals surface area contributed by atoms with E-state index in [1.165, 1.54) is 4.31 Å². The molecule has 3 rings (SSSR count). The molecule has 0 bridgehead atoms. The molecule has 0 aliphatic carbocycles. The molecule has 1 N–H and O–H groups in total. The summed E-state index contributed by atoms with van der Waals surface area (Å²) in [6.45, 7) is 4.52. The van der Waals surface area contributed by atoms with Crippen LogP contribution < -0.4 is 4.72 Å². The Morgan fingerprint density at radius 2 is 2.00 bits per heavy atom. The lowest BCUT2D eigenvalue weighted by atomic mass is 10.3. The van der Waals surface area contributed by atoms with Gasteiger partial charge in [-0.05, 0) is 26.0 Å². The number of fused-ring (bicyclic) bond motifs is 1. The fourth-order valence-corrected chi connectivity index (χ4v) is 3.89. The zero-order chi connectivity index (χ0) is 15.7. The van der Waals surface area contributed by atoms with Gasteiger partial charge in [0.2, 0.25) is 0 Å². The van der Waals surface area contributed by atoms with Crippen LogP contribution in [-0.4, -0.2) is 52.6 Å². The van der Waals surface area contributed by atoms with Gasteiger partial charge in [-0.15, -0.1) is 10.2 Å². The summed E-state index contributed by atoms with van der Waals surface area (Å²) in [6.07, 6.45) is 1.57. The number of morpholine rings is 1. The van der Waals surface area contributed by atoms with Gasteiger partial charge in [0, 0.05) is 19.3 Å². The van der Waals surface area contributed by atoms with Gasteiger partial charge in [-0.3, -0.25) is 4.40 Å². The van der Waals surface area contributed by atoms with Crippen LogP contribution in [0.4, 0.5) is 0 Å². The van der Waals surface area contributed by atoms with Gasteiger partial charge in [0.15, 0.2) is 11.5 Å². The lowest BCUT2D eigenvalue weighted by molar-refractivity contribution is -0.0444. The van der Waals surface area contributed by atoms with Gasteiger partial charge in [0.25, 0.3) is 10.2 Å². The Morgan fingerprint density at radius 1 is 1.27 bits per heavy atom. The minimum absolute atomic E-state index is 0.0909. The second kappa shape index (κ2) is 5.92. The predicted molar refractivity (Wildman–Crippen MR) is 80.3 cm³/mol. The van der Waals surface area contributed by atoms with Crippen LogP contribution in [0.3, 0.4) is 0 Å². The highest BCUT2D eigenvalue weighted by molar-refractivity contribution is 7.87. The van der Waals surface area contributed by atoms with Crippen LogP contribution in [0.5, 0.6) is 0 Å². The molecular weight excluding hydrogens is 306 g/mol. The second-order valence-electron chi connectivity index (χ2n) is 5.45. The molecule has 0 amide bonds. The molecule has 0 spiro atoms. The summed E-state index contributed by atoms with van der Waals surface area (Å²) in [7, 11) is -3.57. The molecule has 3 heterocycles. The van der Waals surface area contributed by atoms with Gasteiger partial charge in [0.05, 0.1) is 18.8 Å². The molecule has 120 valence electrons. The summed E-state index contributed by atoms with van der Waals surface area (Å²) >= 11 is 0. The number of rotatable bonds is 4. The zero-order valence-corrected chi connectivity index (χ0v) is 13.3. The zero-order valence-electron chi connectivity index (χ0n) is 12.5. The van der Waals surface area contributed by atoms with E-state index in [0.717, 1.165) is 0 Å². The molecular formula is C13H19N5O3S. The number of nitrogens with one attached hydrogen (secondary N) is 1. The smallest absolute Gasteiger partial charge is 0.280 e. The summed E-state index contributed by atoms with van der Waals surface area (Å²) in [5, 5.41) is 8.02. The maximum atomic E-state index is 12.4. The third-order valence-corrected chi connectivity index (χ3v) is 5.01. The average Bonchev–Trinajstić information content (AvgIpc) is 2.87. The summed E-state index contributed by atoms with van der Waals surface area (Å²) in [6, 6.07) is 5.52. The molecule has 0 aromatic carbocycles. The molecule has 8 nitrogen and oxygen atoms in total. The number of nitrogens with zero attached hydrogens (tertiary/aromatic N) is 4. The number of aromatic nitrogens is 3. The topological polar surface area (TPSA) is 88.8 Å². The molecule has 2 unspecified atom stereocenters. The fourth-order valence-electron chi connectivity index (χ4n) is 2.59. The Balaban J connectivity index is 1.72. The van der Waals surface area contributed by atoms with Crippen molar-refractivity contribution in [3.05, 3.63) is 30.2 Å². The molecule has 2 aromatic rings. The van der Waals surface area contributed by atoms with Crippen molar-refractivity contribution in [3.8, 4) is 0 Å². The molecule has 22 heavy (non-hydrogen) atoms. The van der Waals surface area contributed by atoms with Crippen molar-refractivity contribution in [1.82, 2.24) is 23.6 Å². The van der Waals surface area contributed by atoms with E-state index in [9.17, 15) is 8.42 Å². The fraction of sp³-hybridized carbons (Fsp3) is 0.538. The lowest BCUT2D eigenvalue weighted by Gasteiger charge is -2.34. The van der Waals surface area contributed by atoms with Crippen LogP contribution >= 0.6 is 0 Å². The van der Waals surface area contributed by atoms with Crippen LogP contribution in [-0.2, 0) is 21.5 Å². The predicted octanol–water partition coefficient (Wildman–Crippen LogP) is 0.173. The monoisotopic (exact) mass is 325 g/mol. The Bertz CT molecular complexity index is 750. The van der Waals surface area contributed by atoms with E-state index in [0.29, 0.717) is 24.6 Å². The van der Waals surface area contributed by atoms with Crippen LogP contribution in [0.1, 0.15) is 19.7 Å². The van der Waals surface area contributed by atoms with Crippen molar-refractivity contribution in [2.75, 3.05) is 13.1 Å². The molecule has 1 aliphatic heterocycles. The van der Waals surface area contributed by atoms with Gasteiger partial charge < -0.3 is 4.74 Å². The van der Waals surface area contributed by atoms with Crippen LogP contribution in [0.2, 0.25) is 0 Å². The van der Waals surface area contributed by atoms with E-state index >= 15 is 0 Å². The van der Waals surface area contributed by atoms with E-state index in [-0.39, 0.29) is 18.8 Å². The molecule has 2 aromatic heterocycles. The van der Waals surface area contributed by atoms with Crippen molar-refractivity contribution in [2.24, 2.45) is 0 Å². The summed E-state index contributed by atoms with van der Waals surface area (Å²) in [5.74, 6) is 0.550. The third kappa shape index (κ3) is 3.12. The summed E-state index contributed by atoms with van der Waals surface area (Å²) in [4.78, 5) is 0. The Labute approximate surface area is 129 Å². The van der Waals surface area contributed by atoms with Crippen LogP contribution in [0.25, 0.3) is 5.65 Å². The normalized spacial score (nSPS) is 23.9. The Hall–Kier alpha value is -1.55. The minimum Gasteiger partial charge on any atom is -0.373 e. The number of ether oxygens (including phenoxy) is 1. The van der Waals surface area contributed by atoms with Crippen molar-refractivity contribution in [3.63, 3.8) is 0 Å². The quantitative estimate of drug-likeness (QED) is 0.866. The lowest BCUT2D eigenvalue weighted by Crippen LogP contribution is -2.51. The van der Waals surface area contributed by atoms with Crippen LogP contribution in [0, 0.1) is 0 Å². The Kier molecular flexibility index (Phi) is 4.13. The van der Waals surface area contributed by atoms with Gasteiger partial charge >= 0.3 is 0 Å². The minimum atomic E-state index is -3.57. The Morgan fingerprint density at radius 3 is 2.73 bits per heavy atom. The average molecular weight is 325 g/mol. The molecule has 0 radical (unpaired) electrons. The van der Waals surface area contributed by atoms with E-state index in [4.69, 9.17) is 4.74 Å². The standard InChI is InChI=1S/C13H19N5O3S/c1-10-8-17(9-11(2)21-10)22(19,20)14-7-13-16-15-12-5-3-4-6-18(12)13/h3-6,10-11,14H,7-9H2,1-2H3. The SMILES string of the molecule is CC1CN(S(=O)(=O)NCc2nnc3ccccn23)CC(C)O1. The molecule has 1 saturated heterocycles. The second-order valence-corrected chi connectivity index (χ2v) is 7.20. The third-order valence-electron chi connectivity index (χ3n) is 3.52. The highest BCUT2D eigenvalue weighted by Gasteiger charge is 2.30. The summed E-state index contributed by atoms with van der Waals surface area (Å²) in [5.41, 5.74) is 0.685. The maximum absolute atomic E-state index is 12.4. The first-order chi connectivity index (χ1) is 10.5. The van der Waals surface area contributed by atoms with Crippen LogP contribution in [0.15, 0.2) is 24.4 Å². The number of hydrogen-bond acceptors (Lipinski definition) is 5. The highest BCUT2D eigenvalue weighted by atomic mass is 32.2. The first-order valence-corrected chi connectivity index (χ1v) is 8.58. The first kappa shape index (κ1) is 15.3. The molecule has 1 aliphatic rings. The first-order valence-electron chi connectivity index (χ1n) is 7.14. The maximum Gasteiger partial charge on any atom is 0.280 e. The van der Waals surface area contributed by atoms with Gasteiger partial charge in [-0.25, -0.2) is 0 Å². The van der Waals surface area contributed by atoms with E-state index < -0.39 is 10.2 Å². The van der Waals surface area contributed by atoms with Crippen molar-refractivity contribution in [1.29, 1.82) is 0 Å². The molecule has 1 fully saturated rings. The highest BCUT2D eigenvalue weighted by Crippen LogP contribution is 2.14. The number of pyridine rings is 1. The van der Waals surface area contributed by atoms with Gasteiger partial charge in [-0.1, -0.05) is 6.07 Å². The molecule has 2 atom stereocenters. The van der Waals surface area contributed by atoms with Crippen molar-refractivity contribution in [2.45, 2.75) is 32.6 Å². The van der Waals surface area contributed by atoms with E-state index in [1.807, 2.05) is 32.0 Å². The van der Waals surface area contributed by atoms with Crippen molar-refractivity contribution >= 4 is 15.9 Å². The van der Waals surface area contributed by atoms with E-state index in [2.05, 4.69) is 14.9 Å². The van der Waals surface area contributed by atoms with E-state index in [1.54, 1.807) is 10.6 Å². The summed E-state index contributed by atoms with van der Waals surface area (Å²) < 4.78 is 36.1. The van der Waals surface area contributed by atoms with Gasteiger partial charge in [0.1, 0.15) is 0 Å². The molecule has 9 heteroatoms. The largest absolute Gasteiger partial charge is 0.373 e. The van der Waals surface area contributed by atoms with Gasteiger partial charge in [-0.2, -0.15) is 17.4 Å². The van der Waals surface area contributed by atoms with Crippen molar-refractivity contribution < 1.29 is 13.2 Å². The number of hydrogen-bond donors (Lipinski definition) is 1.